The summed E-state index contributed by atoms with van der Waals surface area (Å²) in [6, 6.07) is 0. The first-order valence-electron chi connectivity index (χ1n) is 6.10. The van der Waals surface area contributed by atoms with E-state index in [-0.39, 0.29) is 17.4 Å². The molecule has 0 aromatic heterocycles. The summed E-state index contributed by atoms with van der Waals surface area (Å²) in [4.78, 5) is 22.0. The molecule has 0 unspecified atom stereocenters. The molecule has 0 spiro atoms. The molecule has 0 atom stereocenters. The lowest BCUT2D eigenvalue weighted by Gasteiger charge is -2.30. The quantitative estimate of drug-likeness (QED) is 0.738. The van der Waals surface area contributed by atoms with Crippen molar-refractivity contribution in [1.29, 1.82) is 0 Å². The van der Waals surface area contributed by atoms with Crippen LogP contribution in [0.4, 0.5) is 0 Å². The molecule has 2 fully saturated rings. The maximum atomic E-state index is 11.1. The zero-order chi connectivity index (χ0) is 12.6. The molecule has 2 aliphatic carbocycles. The highest BCUT2D eigenvalue weighted by molar-refractivity contribution is 5.88. The Morgan fingerprint density at radius 1 is 1.24 bits per heavy atom. The van der Waals surface area contributed by atoms with Crippen molar-refractivity contribution in [3.63, 3.8) is 0 Å². The summed E-state index contributed by atoms with van der Waals surface area (Å²) in [5, 5.41) is 18.1. The molecule has 0 heterocycles. The fourth-order valence-electron chi connectivity index (χ4n) is 3.61. The summed E-state index contributed by atoms with van der Waals surface area (Å²) in [7, 11) is 0. The number of hydrogen-bond acceptors (Lipinski definition) is 2. The first-order valence-corrected chi connectivity index (χ1v) is 6.10. The average molecular weight is 238 g/mol. The molecule has 2 saturated carbocycles. The predicted molar refractivity (Wildman–Crippen MR) is 61.6 cm³/mol. The number of carbonyl (C=O) groups is 2. The van der Waals surface area contributed by atoms with Crippen LogP contribution in [-0.2, 0) is 9.59 Å². The minimum absolute atomic E-state index is 0.120. The number of carboxylic acid groups (broad SMARTS) is 2. The van der Waals surface area contributed by atoms with Crippen LogP contribution in [0, 0.1) is 11.3 Å². The third-order valence-electron chi connectivity index (χ3n) is 4.48. The van der Waals surface area contributed by atoms with Gasteiger partial charge in [0.05, 0.1) is 6.42 Å². The Hall–Kier alpha value is -1.32. The molecule has 17 heavy (non-hydrogen) atoms. The number of aliphatic carboxylic acids is 2. The lowest BCUT2D eigenvalue weighted by molar-refractivity contribution is -0.136. The van der Waals surface area contributed by atoms with E-state index < -0.39 is 11.9 Å². The number of rotatable bonds is 4. The van der Waals surface area contributed by atoms with Crippen molar-refractivity contribution in [2.24, 2.45) is 11.3 Å². The van der Waals surface area contributed by atoms with E-state index in [4.69, 9.17) is 10.2 Å². The fourth-order valence-corrected chi connectivity index (χ4v) is 3.61. The van der Waals surface area contributed by atoms with Gasteiger partial charge < -0.3 is 10.2 Å². The highest BCUT2D eigenvalue weighted by Gasteiger charge is 2.48. The molecule has 4 nitrogen and oxygen atoms in total. The molecule has 2 aliphatic rings. The van der Waals surface area contributed by atoms with Gasteiger partial charge in [-0.3, -0.25) is 4.79 Å². The lowest BCUT2D eigenvalue weighted by Crippen LogP contribution is -2.23. The molecule has 2 rings (SSSR count). The van der Waals surface area contributed by atoms with Gasteiger partial charge in [0.15, 0.2) is 0 Å². The average Bonchev–Trinajstić information content (AvgIpc) is 2.85. The first-order chi connectivity index (χ1) is 7.94. The van der Waals surface area contributed by atoms with E-state index in [0.29, 0.717) is 11.5 Å². The maximum absolute atomic E-state index is 11.1. The van der Waals surface area contributed by atoms with Crippen molar-refractivity contribution >= 4 is 11.9 Å². The summed E-state index contributed by atoms with van der Waals surface area (Å²) < 4.78 is 0. The summed E-state index contributed by atoms with van der Waals surface area (Å²) in [5.41, 5.74) is 0.790. The van der Waals surface area contributed by atoms with Gasteiger partial charge in [0.1, 0.15) is 0 Å². The van der Waals surface area contributed by atoms with Crippen LogP contribution in [0.5, 0.6) is 0 Å². The second kappa shape index (κ2) is 4.17. The largest absolute Gasteiger partial charge is 0.481 e. The fraction of sp³-hybridized carbons (Fsp3) is 0.692. The number of carboxylic acids is 2. The van der Waals surface area contributed by atoms with E-state index in [1.54, 1.807) is 6.92 Å². The maximum Gasteiger partial charge on any atom is 0.331 e. The summed E-state index contributed by atoms with van der Waals surface area (Å²) in [6.07, 6.45) is 5.03. The van der Waals surface area contributed by atoms with Gasteiger partial charge in [-0.1, -0.05) is 0 Å². The lowest BCUT2D eigenvalue weighted by atomic mass is 9.74. The van der Waals surface area contributed by atoms with Crippen LogP contribution in [0.2, 0.25) is 0 Å². The third kappa shape index (κ3) is 2.08. The molecule has 2 N–H and O–H groups in total. The Morgan fingerprint density at radius 3 is 2.18 bits per heavy atom. The molecular formula is C13H18O4. The predicted octanol–water partition coefficient (Wildman–Crippen LogP) is 2.44. The Morgan fingerprint density at radius 2 is 1.82 bits per heavy atom. The van der Waals surface area contributed by atoms with Crippen molar-refractivity contribution in [1.82, 2.24) is 0 Å². The second-order valence-electron chi connectivity index (χ2n) is 5.41. The van der Waals surface area contributed by atoms with Crippen LogP contribution in [-0.4, -0.2) is 22.2 Å². The normalized spacial score (nSPS) is 32.4. The zero-order valence-corrected chi connectivity index (χ0v) is 10.0. The van der Waals surface area contributed by atoms with Gasteiger partial charge in [0.2, 0.25) is 0 Å². The Balaban J connectivity index is 2.37. The minimum atomic E-state index is -0.981. The number of hydrogen-bond donors (Lipinski definition) is 2. The van der Waals surface area contributed by atoms with Gasteiger partial charge in [-0.05, 0) is 55.9 Å². The van der Waals surface area contributed by atoms with Crippen LogP contribution >= 0.6 is 0 Å². The van der Waals surface area contributed by atoms with Gasteiger partial charge in [-0.25, -0.2) is 4.79 Å². The molecule has 0 aromatic rings. The van der Waals surface area contributed by atoms with E-state index in [9.17, 15) is 9.59 Å². The molecule has 2 bridgehead atoms. The molecule has 0 aromatic carbocycles. The molecule has 0 amide bonds. The first kappa shape index (κ1) is 12.1. The SMILES string of the molecule is CC(C(=O)O)=C(CC(=O)O)C12CCC(CC1)C2. The van der Waals surface area contributed by atoms with Crippen molar-refractivity contribution in [3.05, 3.63) is 11.1 Å². The van der Waals surface area contributed by atoms with Crippen LogP contribution in [0.25, 0.3) is 0 Å². The minimum Gasteiger partial charge on any atom is -0.481 e. The van der Waals surface area contributed by atoms with E-state index in [2.05, 4.69) is 0 Å². The van der Waals surface area contributed by atoms with Crippen LogP contribution < -0.4 is 0 Å². The highest BCUT2D eigenvalue weighted by Crippen LogP contribution is 2.59. The van der Waals surface area contributed by atoms with Gasteiger partial charge in [0, 0.05) is 5.57 Å². The Kier molecular flexibility index (Phi) is 2.98. The summed E-state index contributed by atoms with van der Waals surface area (Å²) in [5.74, 6) is -1.23. The Labute approximate surface area is 100 Å². The van der Waals surface area contributed by atoms with Crippen molar-refractivity contribution < 1.29 is 19.8 Å². The topological polar surface area (TPSA) is 74.6 Å². The molecule has 94 valence electrons. The highest BCUT2D eigenvalue weighted by atomic mass is 16.4. The third-order valence-corrected chi connectivity index (χ3v) is 4.48. The zero-order valence-electron chi connectivity index (χ0n) is 10.0. The second-order valence-corrected chi connectivity index (χ2v) is 5.41. The summed E-state index contributed by atoms with van der Waals surface area (Å²) in [6.45, 7) is 1.54. The van der Waals surface area contributed by atoms with Crippen LogP contribution in [0.3, 0.4) is 0 Å². The van der Waals surface area contributed by atoms with Crippen LogP contribution in [0.15, 0.2) is 11.1 Å². The standard InChI is InChI=1S/C13H18O4/c1-8(12(16)17)10(6-11(14)15)13-4-2-9(7-13)3-5-13/h9H,2-7H2,1H3,(H,14,15)(H,16,17). The molecular weight excluding hydrogens is 220 g/mol. The van der Waals surface area contributed by atoms with Gasteiger partial charge in [0.25, 0.3) is 0 Å². The van der Waals surface area contributed by atoms with E-state index in [0.717, 1.165) is 32.1 Å². The van der Waals surface area contributed by atoms with Crippen molar-refractivity contribution in [3.8, 4) is 0 Å². The number of fused-ring (bicyclic) bond motifs is 2. The molecule has 0 radical (unpaired) electrons. The monoisotopic (exact) mass is 238 g/mol. The van der Waals surface area contributed by atoms with Crippen LogP contribution in [0.1, 0.15) is 45.4 Å². The van der Waals surface area contributed by atoms with E-state index >= 15 is 0 Å². The van der Waals surface area contributed by atoms with Gasteiger partial charge in [-0.2, -0.15) is 0 Å². The molecule has 4 heteroatoms. The van der Waals surface area contributed by atoms with Gasteiger partial charge >= 0.3 is 11.9 Å². The van der Waals surface area contributed by atoms with Gasteiger partial charge in [-0.15, -0.1) is 0 Å². The van der Waals surface area contributed by atoms with E-state index in [1.165, 1.54) is 0 Å². The Bertz CT molecular complexity index is 386. The van der Waals surface area contributed by atoms with Crippen molar-refractivity contribution in [2.45, 2.75) is 45.4 Å². The smallest absolute Gasteiger partial charge is 0.331 e. The molecule has 0 aliphatic heterocycles. The van der Waals surface area contributed by atoms with E-state index in [1.807, 2.05) is 0 Å². The van der Waals surface area contributed by atoms with Crippen molar-refractivity contribution in [2.75, 3.05) is 0 Å². The summed E-state index contributed by atoms with van der Waals surface area (Å²) >= 11 is 0. The molecule has 0 saturated heterocycles.